The average Bonchev–Trinajstić information content (AvgIpc) is 1.96. The molecule has 0 aliphatic carbocycles. The molecule has 0 aromatic carbocycles. The molecule has 0 amide bonds. The molecule has 0 saturated heterocycles. The fourth-order valence-corrected chi connectivity index (χ4v) is 6.29. The van der Waals surface area contributed by atoms with Gasteiger partial charge in [0.05, 0.1) is 0 Å². The standard InChI is InChI=1S/3C4H9O.C2H4.Sn.H/c3*1-4(2,3)5;1-2;;/h3*1-3H3;1-2H2;;/q3*-1;;+3;. The van der Waals surface area contributed by atoms with Gasteiger partial charge in [-0.05, 0) is 0 Å². The zero-order chi connectivity index (χ0) is 15.2. The van der Waals surface area contributed by atoms with Crippen LogP contribution in [0.2, 0.25) is 0 Å². The molecule has 0 fully saturated rings. The van der Waals surface area contributed by atoms with Crippen molar-refractivity contribution in [3.63, 3.8) is 0 Å². The van der Waals surface area contributed by atoms with Gasteiger partial charge in [0.2, 0.25) is 0 Å². The Balaban J connectivity index is 0. The van der Waals surface area contributed by atoms with E-state index in [1.807, 2.05) is 62.3 Å². The summed E-state index contributed by atoms with van der Waals surface area (Å²) in [5, 5.41) is 0. The van der Waals surface area contributed by atoms with E-state index in [-0.39, 0.29) is 16.8 Å². The van der Waals surface area contributed by atoms with Crippen LogP contribution in [0.15, 0.2) is 13.2 Å². The van der Waals surface area contributed by atoms with Crippen LogP contribution in [0, 0.1) is 0 Å². The monoisotopic (exact) mass is 368 g/mol. The Kier molecular flexibility index (Phi) is 9.07. The Hall–Kier alpha value is 0.419. The normalized spacial score (nSPS) is 13.2. The van der Waals surface area contributed by atoms with Gasteiger partial charge in [0.25, 0.3) is 0 Å². The summed E-state index contributed by atoms with van der Waals surface area (Å²) < 4.78 is 17.9. The van der Waals surface area contributed by atoms with Crippen molar-refractivity contribution in [1.82, 2.24) is 0 Å². The van der Waals surface area contributed by atoms with Crippen LogP contribution < -0.4 is 0 Å². The number of rotatable bonds is 3. The van der Waals surface area contributed by atoms with E-state index in [1.165, 1.54) is 0 Å². The van der Waals surface area contributed by atoms with Gasteiger partial charge in [-0.25, -0.2) is 0 Å². The molecule has 0 aliphatic heterocycles. The van der Waals surface area contributed by atoms with Crippen LogP contribution in [0.25, 0.3) is 0 Å². The molecule has 0 N–H and O–H groups in total. The van der Waals surface area contributed by atoms with E-state index < -0.39 is 21.0 Å². The molecule has 0 aromatic rings. The molecule has 0 unspecified atom stereocenters. The van der Waals surface area contributed by atoms with E-state index in [0.29, 0.717) is 0 Å². The Labute approximate surface area is 122 Å². The molecule has 0 bridgehead atoms. The minimum absolute atomic E-state index is 0.197. The molecule has 0 aromatic heterocycles. The fourth-order valence-electron chi connectivity index (χ4n) is 0.938. The van der Waals surface area contributed by atoms with E-state index >= 15 is 0 Å². The van der Waals surface area contributed by atoms with E-state index in [2.05, 4.69) is 13.2 Å². The Morgan fingerprint density at radius 3 is 0.833 bits per heavy atom. The molecule has 0 atom stereocenters. The van der Waals surface area contributed by atoms with Crippen LogP contribution in [0.4, 0.5) is 0 Å². The van der Waals surface area contributed by atoms with Crippen LogP contribution in [-0.4, -0.2) is 37.8 Å². The number of hydrogen-bond acceptors (Lipinski definition) is 3. The zero-order valence-electron chi connectivity index (χ0n) is 13.7. The number of hydrogen-bond donors (Lipinski definition) is 0. The first-order valence-electron chi connectivity index (χ1n) is 6.32. The summed E-state index contributed by atoms with van der Waals surface area (Å²) >= 11 is -2.86. The average molecular weight is 367 g/mol. The molecule has 3 nitrogen and oxygen atoms in total. The Bertz CT molecular complexity index is 183. The van der Waals surface area contributed by atoms with Gasteiger partial charge in [-0.1, -0.05) is 0 Å². The van der Waals surface area contributed by atoms with Crippen molar-refractivity contribution in [2.75, 3.05) is 0 Å². The molecule has 0 rings (SSSR count). The third-order valence-electron chi connectivity index (χ3n) is 1.35. The molecule has 110 valence electrons. The molecule has 0 aliphatic rings. The first kappa shape index (κ1) is 20.7. The first-order chi connectivity index (χ1) is 7.79. The van der Waals surface area contributed by atoms with Crippen LogP contribution in [0.3, 0.4) is 0 Å². The van der Waals surface area contributed by atoms with E-state index in [9.17, 15) is 0 Å². The van der Waals surface area contributed by atoms with Gasteiger partial charge < -0.3 is 0 Å². The van der Waals surface area contributed by atoms with Crippen molar-refractivity contribution in [3.05, 3.63) is 13.2 Å². The summed E-state index contributed by atoms with van der Waals surface area (Å²) in [6.07, 6.45) is 0. The van der Waals surface area contributed by atoms with Crippen LogP contribution >= 0.6 is 0 Å². The summed E-state index contributed by atoms with van der Waals surface area (Å²) in [6.45, 7) is 24.3. The van der Waals surface area contributed by atoms with Crippen molar-refractivity contribution in [3.8, 4) is 0 Å². The van der Waals surface area contributed by atoms with Gasteiger partial charge in [-0.2, -0.15) is 0 Å². The maximum absolute atomic E-state index is 5.96. The topological polar surface area (TPSA) is 27.7 Å². The first-order valence-corrected chi connectivity index (χ1v) is 10.4. The maximum atomic E-state index is 5.96. The molecule has 0 radical (unpaired) electrons. The predicted octanol–water partition coefficient (Wildman–Crippen LogP) is 3.95. The minimum atomic E-state index is -2.86. The summed E-state index contributed by atoms with van der Waals surface area (Å²) in [5.74, 6) is 0. The second kappa shape index (κ2) is 7.87. The van der Waals surface area contributed by atoms with E-state index in [4.69, 9.17) is 9.22 Å². The van der Waals surface area contributed by atoms with Crippen molar-refractivity contribution >= 4 is 21.0 Å². The molecule has 18 heavy (non-hydrogen) atoms. The summed E-state index contributed by atoms with van der Waals surface area (Å²) in [6, 6.07) is 0. The predicted molar refractivity (Wildman–Crippen MR) is 80.9 cm³/mol. The third kappa shape index (κ3) is 16.4. The second-order valence-electron chi connectivity index (χ2n) is 6.98. The van der Waals surface area contributed by atoms with E-state index in [0.717, 1.165) is 0 Å². The molecular weight excluding hydrogens is 335 g/mol. The quantitative estimate of drug-likeness (QED) is 0.559. The van der Waals surface area contributed by atoms with Gasteiger partial charge in [0, 0.05) is 0 Å². The summed E-state index contributed by atoms with van der Waals surface area (Å²) in [4.78, 5) is 0. The summed E-state index contributed by atoms with van der Waals surface area (Å²) in [5.41, 5.74) is -0.592. The molecule has 0 saturated carbocycles. The van der Waals surface area contributed by atoms with E-state index in [1.54, 1.807) is 0 Å². The molecular formula is C14H32O3Sn. The molecule has 4 heteroatoms. The van der Waals surface area contributed by atoms with Crippen molar-refractivity contribution in [2.24, 2.45) is 0 Å². The van der Waals surface area contributed by atoms with Gasteiger partial charge in [0.1, 0.15) is 0 Å². The van der Waals surface area contributed by atoms with Gasteiger partial charge in [0.15, 0.2) is 0 Å². The van der Waals surface area contributed by atoms with Crippen molar-refractivity contribution in [1.29, 1.82) is 0 Å². The third-order valence-corrected chi connectivity index (χ3v) is 9.05. The molecule has 0 heterocycles. The zero-order valence-corrected chi connectivity index (χ0v) is 17.0. The van der Waals surface area contributed by atoms with Gasteiger partial charge in [-0.3, -0.25) is 0 Å². The summed E-state index contributed by atoms with van der Waals surface area (Å²) in [7, 11) is 0. The van der Waals surface area contributed by atoms with Crippen molar-refractivity contribution in [2.45, 2.75) is 79.1 Å². The SMILES string of the molecule is C=C.CC(C)(C)[O][SnH]([O]C(C)(C)C)[O]C(C)(C)C. The van der Waals surface area contributed by atoms with Crippen molar-refractivity contribution < 1.29 is 9.22 Å². The molecule has 0 spiro atoms. The van der Waals surface area contributed by atoms with Crippen LogP contribution in [0.5, 0.6) is 0 Å². The van der Waals surface area contributed by atoms with Crippen LogP contribution in [-0.2, 0) is 9.22 Å². The Morgan fingerprint density at radius 1 is 0.556 bits per heavy atom. The Morgan fingerprint density at radius 2 is 0.722 bits per heavy atom. The second-order valence-corrected chi connectivity index (χ2v) is 10.6. The van der Waals surface area contributed by atoms with Gasteiger partial charge in [-0.15, -0.1) is 13.2 Å². The fraction of sp³-hybridized carbons (Fsp3) is 0.857. The van der Waals surface area contributed by atoms with Crippen LogP contribution in [0.1, 0.15) is 62.3 Å². The van der Waals surface area contributed by atoms with Gasteiger partial charge >= 0.3 is 109 Å².